The van der Waals surface area contributed by atoms with Crippen LogP contribution in [0.1, 0.15) is 51.4 Å². The summed E-state index contributed by atoms with van der Waals surface area (Å²) in [6, 6.07) is 0. The van der Waals surface area contributed by atoms with Gasteiger partial charge in [-0.05, 0) is 25.7 Å². The molecule has 4 unspecified atom stereocenters. The van der Waals surface area contributed by atoms with Crippen LogP contribution >= 0.6 is 0 Å². The van der Waals surface area contributed by atoms with Crippen LogP contribution in [0.15, 0.2) is 0 Å². The first-order valence-electron chi connectivity index (χ1n) is 6.46. The van der Waals surface area contributed by atoms with Gasteiger partial charge in [0.15, 0.2) is 0 Å². The molecule has 0 aromatic heterocycles. The van der Waals surface area contributed by atoms with Gasteiger partial charge in [0.2, 0.25) is 11.6 Å². The molecule has 92 valence electrons. The maximum atomic E-state index is 10.4. The summed E-state index contributed by atoms with van der Waals surface area (Å²) in [6.45, 7) is 0. The summed E-state index contributed by atoms with van der Waals surface area (Å²) in [5.41, 5.74) is 0. The predicted molar refractivity (Wildman–Crippen MR) is 56.0 cm³/mol. The maximum Gasteiger partial charge on any atom is 0.202 e. The lowest BCUT2D eigenvalue weighted by atomic mass is 9.67. The summed E-state index contributed by atoms with van der Waals surface area (Å²) in [5.74, 6) is -2.21. The van der Waals surface area contributed by atoms with E-state index >= 15 is 0 Å². The van der Waals surface area contributed by atoms with Crippen LogP contribution in [0.5, 0.6) is 0 Å². The lowest BCUT2D eigenvalue weighted by Crippen LogP contribution is -2.61. The van der Waals surface area contributed by atoms with E-state index in [4.69, 9.17) is 9.78 Å². The van der Waals surface area contributed by atoms with Gasteiger partial charge in [-0.3, -0.25) is 0 Å². The first-order valence-corrected chi connectivity index (χ1v) is 6.46. The molecule has 4 heteroatoms. The van der Waals surface area contributed by atoms with Crippen molar-refractivity contribution in [1.29, 1.82) is 0 Å². The third-order valence-corrected chi connectivity index (χ3v) is 4.57. The summed E-state index contributed by atoms with van der Waals surface area (Å²) in [6.07, 6.45) is 7.31. The lowest BCUT2D eigenvalue weighted by molar-refractivity contribution is -0.557. The van der Waals surface area contributed by atoms with E-state index in [1.807, 2.05) is 0 Å². The third-order valence-electron chi connectivity index (χ3n) is 4.57. The van der Waals surface area contributed by atoms with Gasteiger partial charge in [-0.1, -0.05) is 12.8 Å². The summed E-state index contributed by atoms with van der Waals surface area (Å²) >= 11 is 0. The first kappa shape index (κ1) is 11.0. The Morgan fingerprint density at radius 3 is 1.62 bits per heavy atom. The molecule has 2 aliphatic carbocycles. The van der Waals surface area contributed by atoms with E-state index in [0.717, 1.165) is 38.5 Å². The molecule has 0 radical (unpaired) electrons. The van der Waals surface area contributed by atoms with E-state index in [1.165, 1.54) is 0 Å². The summed E-state index contributed by atoms with van der Waals surface area (Å²) in [5, 5.41) is 20.8. The molecule has 2 N–H and O–H groups in total. The zero-order valence-corrected chi connectivity index (χ0v) is 9.52. The van der Waals surface area contributed by atoms with Crippen molar-refractivity contribution in [2.75, 3.05) is 0 Å². The van der Waals surface area contributed by atoms with Gasteiger partial charge in [0.1, 0.15) is 0 Å². The van der Waals surface area contributed by atoms with Crippen LogP contribution in [0, 0.1) is 11.8 Å². The standard InChI is InChI=1S/C12H20O4/c13-11-7-3-1-5-9(11)10-6-2-4-8-12(10,14)16-15-11/h9-10,13-14H,1-8H2. The smallest absolute Gasteiger partial charge is 0.202 e. The van der Waals surface area contributed by atoms with Gasteiger partial charge < -0.3 is 10.2 Å². The molecule has 1 heterocycles. The maximum absolute atomic E-state index is 10.4. The van der Waals surface area contributed by atoms with Crippen LogP contribution in [0.25, 0.3) is 0 Å². The molecule has 2 saturated carbocycles. The molecule has 0 amide bonds. The second kappa shape index (κ2) is 3.67. The van der Waals surface area contributed by atoms with Crippen molar-refractivity contribution in [2.45, 2.75) is 62.9 Å². The van der Waals surface area contributed by atoms with Gasteiger partial charge in [0.25, 0.3) is 0 Å². The molecule has 0 spiro atoms. The Kier molecular flexibility index (Phi) is 2.51. The fraction of sp³-hybridized carbons (Fsp3) is 1.00. The Morgan fingerprint density at radius 2 is 1.19 bits per heavy atom. The first-order chi connectivity index (χ1) is 7.64. The van der Waals surface area contributed by atoms with Crippen molar-refractivity contribution in [3.8, 4) is 0 Å². The Balaban J connectivity index is 1.88. The van der Waals surface area contributed by atoms with Crippen molar-refractivity contribution in [1.82, 2.24) is 0 Å². The van der Waals surface area contributed by atoms with Gasteiger partial charge in [-0.25, -0.2) is 0 Å². The van der Waals surface area contributed by atoms with Crippen LogP contribution < -0.4 is 0 Å². The van der Waals surface area contributed by atoms with E-state index in [-0.39, 0.29) is 11.8 Å². The van der Waals surface area contributed by atoms with Gasteiger partial charge >= 0.3 is 0 Å². The molecule has 0 aromatic rings. The molecule has 16 heavy (non-hydrogen) atoms. The number of aliphatic hydroxyl groups is 2. The Bertz CT molecular complexity index is 254. The van der Waals surface area contributed by atoms with E-state index in [2.05, 4.69) is 0 Å². The predicted octanol–water partition coefficient (Wildman–Crippen LogP) is 1.71. The van der Waals surface area contributed by atoms with Crippen LogP contribution in [-0.2, 0) is 9.78 Å². The molecule has 3 rings (SSSR count). The largest absolute Gasteiger partial charge is 0.363 e. The van der Waals surface area contributed by atoms with Crippen molar-refractivity contribution in [2.24, 2.45) is 11.8 Å². The summed E-state index contributed by atoms with van der Waals surface area (Å²) in [7, 11) is 0. The lowest BCUT2D eigenvalue weighted by Gasteiger charge is -2.53. The normalized spacial score (nSPS) is 52.9. The van der Waals surface area contributed by atoms with Gasteiger partial charge in [0, 0.05) is 24.7 Å². The second-order valence-corrected chi connectivity index (χ2v) is 5.56. The van der Waals surface area contributed by atoms with Gasteiger partial charge in [-0.2, -0.15) is 9.78 Å². The number of fused-ring (bicyclic) bond motifs is 3. The quantitative estimate of drug-likeness (QED) is 0.620. The Hall–Kier alpha value is -0.160. The number of hydrogen-bond acceptors (Lipinski definition) is 4. The topological polar surface area (TPSA) is 58.9 Å². The summed E-state index contributed by atoms with van der Waals surface area (Å²) in [4.78, 5) is 10.3. The highest BCUT2D eigenvalue weighted by Gasteiger charge is 2.58. The molecule has 0 bridgehead atoms. The van der Waals surface area contributed by atoms with E-state index in [1.54, 1.807) is 0 Å². The molecule has 3 aliphatic rings. The average molecular weight is 228 g/mol. The van der Waals surface area contributed by atoms with Crippen LogP contribution in [0.2, 0.25) is 0 Å². The molecule has 3 fully saturated rings. The van der Waals surface area contributed by atoms with Crippen LogP contribution in [0.4, 0.5) is 0 Å². The number of rotatable bonds is 0. The molecule has 1 aliphatic heterocycles. The molecule has 4 nitrogen and oxygen atoms in total. The van der Waals surface area contributed by atoms with Crippen LogP contribution in [-0.4, -0.2) is 21.8 Å². The third kappa shape index (κ3) is 1.51. The van der Waals surface area contributed by atoms with E-state index < -0.39 is 11.6 Å². The Labute approximate surface area is 95.5 Å². The second-order valence-electron chi connectivity index (χ2n) is 5.56. The minimum atomic E-state index is -1.15. The van der Waals surface area contributed by atoms with Crippen molar-refractivity contribution in [3.63, 3.8) is 0 Å². The number of hydrogen-bond donors (Lipinski definition) is 2. The molecular weight excluding hydrogens is 208 g/mol. The highest BCUT2D eigenvalue weighted by Crippen LogP contribution is 2.52. The van der Waals surface area contributed by atoms with Crippen molar-refractivity contribution in [3.05, 3.63) is 0 Å². The summed E-state index contributed by atoms with van der Waals surface area (Å²) < 4.78 is 0. The highest BCUT2D eigenvalue weighted by atomic mass is 17.3. The minimum absolute atomic E-state index is 0.0419. The van der Waals surface area contributed by atoms with Crippen molar-refractivity contribution >= 4 is 0 Å². The van der Waals surface area contributed by atoms with Crippen molar-refractivity contribution < 1.29 is 20.0 Å². The minimum Gasteiger partial charge on any atom is -0.363 e. The van der Waals surface area contributed by atoms with E-state index in [0.29, 0.717) is 12.8 Å². The molecule has 0 aromatic carbocycles. The SMILES string of the molecule is OC12CCCCC1C1CCCCC1(O)OO2. The monoisotopic (exact) mass is 228 g/mol. The van der Waals surface area contributed by atoms with Crippen LogP contribution in [0.3, 0.4) is 0 Å². The zero-order chi connectivity index (χ0) is 11.2. The fourth-order valence-electron chi connectivity index (χ4n) is 3.69. The van der Waals surface area contributed by atoms with E-state index in [9.17, 15) is 10.2 Å². The molecule has 1 saturated heterocycles. The molecular formula is C12H20O4. The highest BCUT2D eigenvalue weighted by molar-refractivity contribution is 4.96. The zero-order valence-electron chi connectivity index (χ0n) is 9.52. The molecule has 4 atom stereocenters. The fourth-order valence-corrected chi connectivity index (χ4v) is 3.69. The van der Waals surface area contributed by atoms with Gasteiger partial charge in [0.05, 0.1) is 0 Å². The Morgan fingerprint density at radius 1 is 0.750 bits per heavy atom. The average Bonchev–Trinajstić information content (AvgIpc) is 2.29. The van der Waals surface area contributed by atoms with Gasteiger partial charge in [-0.15, -0.1) is 0 Å².